The summed E-state index contributed by atoms with van der Waals surface area (Å²) in [5.41, 5.74) is 4.28. The van der Waals surface area contributed by atoms with Crippen LogP contribution >= 0.6 is 0 Å². The minimum Gasteiger partial charge on any atom is -0.478 e. The van der Waals surface area contributed by atoms with Gasteiger partial charge in [0.2, 0.25) is 0 Å². The highest BCUT2D eigenvalue weighted by Gasteiger charge is 2.56. The first kappa shape index (κ1) is 28.6. The quantitative estimate of drug-likeness (QED) is 0.329. The van der Waals surface area contributed by atoms with Gasteiger partial charge in [-0.3, -0.25) is 0 Å². The molecule has 0 spiro atoms. The Morgan fingerprint density at radius 3 is 2.61 bits per heavy atom. The Hall–Kier alpha value is -2.47. The first-order chi connectivity index (χ1) is 19.7. The number of hydrogen-bond acceptors (Lipinski definition) is 5. The highest BCUT2D eigenvalue weighted by atomic mass is 16.5. The molecule has 41 heavy (non-hydrogen) atoms. The van der Waals surface area contributed by atoms with E-state index in [-0.39, 0.29) is 16.9 Å². The standard InChI is InChI=1S/C36H47NO4/c1-23(11-16-33(40)36(18-19-36)34-37-31(22-41-34)26-8-5-4-6-9-26)29-14-15-30-25(10-7-17-35(29,30)3)12-13-27-20-28(38)21-32(39)24(27)2/h4-6,8-9,11-13,16,23,28-33,38-40H,2,7,10,14-15,17-22H2,1,3H3/b16-11+,25-12+,27-13-/t23-,28-,29-,30+,31+,32+,33-,35-/m1/s1. The van der Waals surface area contributed by atoms with Crippen molar-refractivity contribution in [3.63, 3.8) is 0 Å². The van der Waals surface area contributed by atoms with Gasteiger partial charge in [0.05, 0.1) is 23.7 Å². The largest absolute Gasteiger partial charge is 0.478 e. The summed E-state index contributed by atoms with van der Waals surface area (Å²) < 4.78 is 6.07. The second-order valence-corrected chi connectivity index (χ2v) is 13.7. The van der Waals surface area contributed by atoms with Crippen LogP contribution in [0, 0.1) is 28.6 Å². The van der Waals surface area contributed by atoms with Crippen molar-refractivity contribution < 1.29 is 20.1 Å². The monoisotopic (exact) mass is 557 g/mol. The summed E-state index contributed by atoms with van der Waals surface area (Å²) in [6.07, 6.45) is 15.7. The van der Waals surface area contributed by atoms with Crippen LogP contribution in [0.15, 0.2) is 82.9 Å². The summed E-state index contributed by atoms with van der Waals surface area (Å²) in [7, 11) is 0. The van der Waals surface area contributed by atoms with E-state index in [1.165, 1.54) is 31.3 Å². The average Bonchev–Trinajstić information content (AvgIpc) is 3.47. The van der Waals surface area contributed by atoms with Gasteiger partial charge in [-0.05, 0) is 91.2 Å². The molecule has 1 aliphatic heterocycles. The molecule has 5 aliphatic rings. The minimum absolute atomic E-state index is 0.0182. The lowest BCUT2D eigenvalue weighted by Gasteiger charge is -2.44. The molecule has 0 saturated heterocycles. The van der Waals surface area contributed by atoms with Crippen LogP contribution < -0.4 is 0 Å². The normalized spacial score (nSPS) is 38.1. The van der Waals surface area contributed by atoms with E-state index in [0.29, 0.717) is 37.2 Å². The van der Waals surface area contributed by atoms with Gasteiger partial charge in [-0.25, -0.2) is 4.99 Å². The van der Waals surface area contributed by atoms with Gasteiger partial charge in [0, 0.05) is 6.42 Å². The predicted molar refractivity (Wildman–Crippen MR) is 163 cm³/mol. The fourth-order valence-corrected chi connectivity index (χ4v) is 8.47. The zero-order valence-corrected chi connectivity index (χ0v) is 24.7. The Bertz CT molecular complexity index is 1260. The third-order valence-electron chi connectivity index (χ3n) is 11.1. The molecular weight excluding hydrogens is 510 g/mol. The smallest absolute Gasteiger partial charge is 0.193 e. The number of nitrogens with zero attached hydrogens (tertiary/aromatic N) is 1. The summed E-state index contributed by atoms with van der Waals surface area (Å²) in [4.78, 5) is 4.91. The fraction of sp³-hybridized carbons (Fsp3) is 0.583. The van der Waals surface area contributed by atoms with Crippen molar-refractivity contribution in [2.24, 2.45) is 33.6 Å². The maximum Gasteiger partial charge on any atom is 0.193 e. The van der Waals surface area contributed by atoms with Gasteiger partial charge < -0.3 is 20.1 Å². The van der Waals surface area contributed by atoms with Crippen LogP contribution in [0.1, 0.15) is 83.2 Å². The van der Waals surface area contributed by atoms with Crippen LogP contribution in [0.4, 0.5) is 0 Å². The molecule has 0 amide bonds. The van der Waals surface area contributed by atoms with Crippen LogP contribution in [-0.4, -0.2) is 46.1 Å². The highest BCUT2D eigenvalue weighted by Crippen LogP contribution is 2.60. The first-order valence-electron chi connectivity index (χ1n) is 15.8. The maximum atomic E-state index is 11.3. The minimum atomic E-state index is -0.647. The van der Waals surface area contributed by atoms with Gasteiger partial charge in [0.1, 0.15) is 12.6 Å². The van der Waals surface area contributed by atoms with E-state index in [0.717, 1.165) is 41.9 Å². The van der Waals surface area contributed by atoms with E-state index >= 15 is 0 Å². The van der Waals surface area contributed by atoms with E-state index in [2.05, 4.69) is 50.8 Å². The van der Waals surface area contributed by atoms with E-state index in [9.17, 15) is 15.3 Å². The predicted octanol–water partition coefficient (Wildman–Crippen LogP) is 6.63. The van der Waals surface area contributed by atoms with Crippen LogP contribution in [0.25, 0.3) is 0 Å². The second kappa shape index (κ2) is 11.3. The number of ether oxygens (including phenoxy) is 1. The van der Waals surface area contributed by atoms with Crippen molar-refractivity contribution in [2.45, 2.75) is 96.0 Å². The zero-order valence-electron chi connectivity index (χ0n) is 24.7. The van der Waals surface area contributed by atoms with Crippen LogP contribution in [0.5, 0.6) is 0 Å². The van der Waals surface area contributed by atoms with E-state index in [1.54, 1.807) is 0 Å². The Kier molecular flexibility index (Phi) is 7.90. The highest BCUT2D eigenvalue weighted by molar-refractivity contribution is 5.87. The lowest BCUT2D eigenvalue weighted by molar-refractivity contribution is 0.0862. The molecule has 4 fully saturated rings. The van der Waals surface area contributed by atoms with Crippen molar-refractivity contribution in [1.29, 1.82) is 0 Å². The molecule has 4 aliphatic carbocycles. The Morgan fingerprint density at radius 2 is 1.85 bits per heavy atom. The molecule has 6 rings (SSSR count). The molecule has 1 aromatic rings. The molecule has 0 bridgehead atoms. The van der Waals surface area contributed by atoms with Gasteiger partial charge in [-0.1, -0.05) is 80.6 Å². The summed E-state index contributed by atoms with van der Waals surface area (Å²) >= 11 is 0. The van der Waals surface area contributed by atoms with Gasteiger partial charge in [0.25, 0.3) is 0 Å². The molecule has 0 aromatic heterocycles. The van der Waals surface area contributed by atoms with Crippen molar-refractivity contribution in [1.82, 2.24) is 0 Å². The summed E-state index contributed by atoms with van der Waals surface area (Å²) in [5.74, 6) is 2.23. The number of aliphatic hydroxyl groups excluding tert-OH is 3. The molecule has 8 atom stereocenters. The van der Waals surface area contributed by atoms with Gasteiger partial charge in [-0.15, -0.1) is 0 Å². The van der Waals surface area contributed by atoms with E-state index in [4.69, 9.17) is 9.73 Å². The summed E-state index contributed by atoms with van der Waals surface area (Å²) in [5, 5.41) is 31.7. The Morgan fingerprint density at radius 1 is 1.07 bits per heavy atom. The molecule has 1 aromatic carbocycles. The lowest BCUT2D eigenvalue weighted by atomic mass is 9.61. The first-order valence-corrected chi connectivity index (χ1v) is 15.8. The van der Waals surface area contributed by atoms with E-state index in [1.807, 2.05) is 24.3 Å². The number of rotatable bonds is 7. The number of aliphatic imine (C=N–C) groups is 1. The van der Waals surface area contributed by atoms with Gasteiger partial charge in [-0.2, -0.15) is 0 Å². The van der Waals surface area contributed by atoms with Gasteiger partial charge >= 0.3 is 0 Å². The van der Waals surface area contributed by atoms with Gasteiger partial charge in [0.15, 0.2) is 5.90 Å². The Balaban J connectivity index is 1.13. The Labute approximate surface area is 245 Å². The van der Waals surface area contributed by atoms with Crippen LogP contribution in [-0.2, 0) is 4.74 Å². The molecule has 5 nitrogen and oxygen atoms in total. The molecule has 0 radical (unpaired) electrons. The number of allylic oxidation sites excluding steroid dienone is 4. The zero-order chi connectivity index (χ0) is 28.8. The van der Waals surface area contributed by atoms with Crippen LogP contribution in [0.2, 0.25) is 0 Å². The molecule has 5 heteroatoms. The summed E-state index contributed by atoms with van der Waals surface area (Å²) in [6, 6.07) is 10.3. The number of aliphatic hydroxyl groups is 3. The number of benzene rings is 1. The van der Waals surface area contributed by atoms with Crippen molar-refractivity contribution >= 4 is 5.90 Å². The third-order valence-corrected chi connectivity index (χ3v) is 11.1. The molecule has 1 heterocycles. The second-order valence-electron chi connectivity index (χ2n) is 13.7. The number of hydrogen-bond donors (Lipinski definition) is 3. The lowest BCUT2D eigenvalue weighted by Crippen LogP contribution is -2.35. The van der Waals surface area contributed by atoms with Crippen molar-refractivity contribution in [3.05, 3.63) is 83.5 Å². The third kappa shape index (κ3) is 5.42. The average molecular weight is 558 g/mol. The fourth-order valence-electron chi connectivity index (χ4n) is 8.47. The molecule has 4 saturated carbocycles. The number of fused-ring (bicyclic) bond motifs is 1. The SMILES string of the molecule is C=C1/C(=C\C=C2/CCC[C@]3(C)[C@@H]([C@H](C)/C=C/[C@@H](O)C4(C5=N[C@H](c6ccccc6)CO5)CC4)CC[C@@H]23)C[C@@H](O)C[C@@H]1O. The topological polar surface area (TPSA) is 82.3 Å². The summed E-state index contributed by atoms with van der Waals surface area (Å²) in [6.45, 7) is 9.45. The maximum absolute atomic E-state index is 11.3. The van der Waals surface area contributed by atoms with E-state index < -0.39 is 18.3 Å². The molecular formula is C36H47NO4. The van der Waals surface area contributed by atoms with Crippen molar-refractivity contribution in [2.75, 3.05) is 6.61 Å². The molecule has 3 N–H and O–H groups in total. The van der Waals surface area contributed by atoms with Crippen molar-refractivity contribution in [3.8, 4) is 0 Å². The molecule has 0 unspecified atom stereocenters. The molecule has 220 valence electrons. The van der Waals surface area contributed by atoms with Crippen LogP contribution in [0.3, 0.4) is 0 Å².